The summed E-state index contributed by atoms with van der Waals surface area (Å²) in [6, 6.07) is 2.41. The lowest BCUT2D eigenvalue weighted by molar-refractivity contribution is 0.720. The molecule has 0 bridgehead atoms. The van der Waals surface area contributed by atoms with Gasteiger partial charge in [-0.2, -0.15) is 0 Å². The van der Waals surface area contributed by atoms with E-state index in [-0.39, 0.29) is 0 Å². The van der Waals surface area contributed by atoms with Gasteiger partial charge in [-0.1, -0.05) is 13.8 Å². The molecule has 4 nitrogen and oxygen atoms in total. The van der Waals surface area contributed by atoms with Crippen molar-refractivity contribution in [3.8, 4) is 0 Å². The largest absolute Gasteiger partial charge is 0.373 e. The van der Waals surface area contributed by atoms with Crippen LogP contribution in [0.3, 0.4) is 0 Å². The van der Waals surface area contributed by atoms with E-state index in [2.05, 4.69) is 54.9 Å². The number of nitrogens with zero attached hydrogens (tertiary/aromatic N) is 3. The highest BCUT2D eigenvalue weighted by Crippen LogP contribution is 2.20. The molecule has 0 unspecified atom stereocenters. The molecule has 16 heavy (non-hydrogen) atoms. The summed E-state index contributed by atoms with van der Waals surface area (Å²) in [5.74, 6) is 3.07. The van der Waals surface area contributed by atoms with E-state index >= 15 is 0 Å². The highest BCUT2D eigenvalue weighted by atomic mass is 15.2. The summed E-state index contributed by atoms with van der Waals surface area (Å²) >= 11 is 0. The number of rotatable bonds is 4. The van der Waals surface area contributed by atoms with Crippen LogP contribution in [0, 0.1) is 0 Å². The Morgan fingerprint density at radius 2 is 1.81 bits per heavy atom. The van der Waals surface area contributed by atoms with Crippen molar-refractivity contribution in [2.75, 3.05) is 24.3 Å². The van der Waals surface area contributed by atoms with Crippen LogP contribution in [0.25, 0.3) is 0 Å². The summed E-state index contributed by atoms with van der Waals surface area (Å²) in [6.45, 7) is 8.51. The molecule has 4 heteroatoms. The molecule has 0 spiro atoms. The van der Waals surface area contributed by atoms with Crippen LogP contribution in [0.4, 0.5) is 11.6 Å². The first kappa shape index (κ1) is 12.7. The van der Waals surface area contributed by atoms with Crippen LogP contribution in [0.5, 0.6) is 0 Å². The SMILES string of the molecule is CNc1cc(N(C)C(C)C)nc(C(C)C)n1. The standard InChI is InChI=1S/C12H22N4/c1-8(2)12-14-10(13-5)7-11(15-12)16(6)9(3)4/h7-9H,1-6H3,(H,13,14,15). The molecule has 1 rings (SSSR count). The van der Waals surface area contributed by atoms with Crippen LogP contribution < -0.4 is 10.2 Å². The predicted molar refractivity (Wildman–Crippen MR) is 69.2 cm³/mol. The van der Waals surface area contributed by atoms with E-state index < -0.39 is 0 Å². The highest BCUT2D eigenvalue weighted by Gasteiger charge is 2.12. The van der Waals surface area contributed by atoms with E-state index in [1.165, 1.54) is 0 Å². The van der Waals surface area contributed by atoms with E-state index in [0.717, 1.165) is 17.5 Å². The van der Waals surface area contributed by atoms with Gasteiger partial charge in [0.2, 0.25) is 0 Å². The Labute approximate surface area is 98.1 Å². The van der Waals surface area contributed by atoms with E-state index in [4.69, 9.17) is 0 Å². The minimum atomic E-state index is 0.340. The van der Waals surface area contributed by atoms with Gasteiger partial charge >= 0.3 is 0 Å². The smallest absolute Gasteiger partial charge is 0.135 e. The average Bonchev–Trinajstić information content (AvgIpc) is 2.27. The van der Waals surface area contributed by atoms with E-state index in [1.807, 2.05) is 13.1 Å². The molecular weight excluding hydrogens is 200 g/mol. The Morgan fingerprint density at radius 3 is 2.25 bits per heavy atom. The highest BCUT2D eigenvalue weighted by molar-refractivity contribution is 5.49. The Kier molecular flexibility index (Phi) is 4.10. The summed E-state index contributed by atoms with van der Waals surface area (Å²) in [6.07, 6.45) is 0. The fraction of sp³-hybridized carbons (Fsp3) is 0.667. The van der Waals surface area contributed by atoms with Crippen molar-refractivity contribution >= 4 is 11.6 Å². The zero-order valence-corrected chi connectivity index (χ0v) is 11.1. The van der Waals surface area contributed by atoms with Gasteiger partial charge < -0.3 is 10.2 Å². The van der Waals surface area contributed by atoms with Crippen LogP contribution in [-0.4, -0.2) is 30.1 Å². The lowest BCUT2D eigenvalue weighted by Gasteiger charge is -2.23. The first-order valence-electron chi connectivity index (χ1n) is 5.75. The molecule has 0 saturated carbocycles. The Hall–Kier alpha value is -1.32. The molecule has 1 N–H and O–H groups in total. The number of nitrogens with one attached hydrogen (secondary N) is 1. The molecule has 0 aliphatic rings. The van der Waals surface area contributed by atoms with Crippen LogP contribution in [-0.2, 0) is 0 Å². The normalized spacial score (nSPS) is 11.0. The lowest BCUT2D eigenvalue weighted by Crippen LogP contribution is -2.27. The van der Waals surface area contributed by atoms with Crippen molar-refractivity contribution in [3.05, 3.63) is 11.9 Å². The van der Waals surface area contributed by atoms with Gasteiger partial charge in [0.1, 0.15) is 17.5 Å². The van der Waals surface area contributed by atoms with Gasteiger partial charge in [-0.15, -0.1) is 0 Å². The molecule has 0 radical (unpaired) electrons. The van der Waals surface area contributed by atoms with Gasteiger partial charge in [0.25, 0.3) is 0 Å². The Morgan fingerprint density at radius 1 is 1.19 bits per heavy atom. The van der Waals surface area contributed by atoms with E-state index in [9.17, 15) is 0 Å². The van der Waals surface area contributed by atoms with Crippen molar-refractivity contribution in [1.82, 2.24) is 9.97 Å². The molecule has 90 valence electrons. The summed E-state index contributed by atoms with van der Waals surface area (Å²) in [7, 11) is 3.93. The zero-order chi connectivity index (χ0) is 12.3. The predicted octanol–water partition coefficient (Wildman–Crippen LogP) is 2.49. The van der Waals surface area contributed by atoms with Crippen LogP contribution in [0.1, 0.15) is 39.4 Å². The molecule has 0 aliphatic carbocycles. The summed E-state index contributed by atoms with van der Waals surface area (Å²) < 4.78 is 0. The number of anilines is 2. The number of hydrogen-bond donors (Lipinski definition) is 1. The minimum absolute atomic E-state index is 0.340. The van der Waals surface area contributed by atoms with E-state index in [0.29, 0.717) is 12.0 Å². The third-order valence-electron chi connectivity index (χ3n) is 2.64. The molecule has 1 heterocycles. The fourth-order valence-corrected chi connectivity index (χ4v) is 1.28. The van der Waals surface area contributed by atoms with Crippen molar-refractivity contribution in [1.29, 1.82) is 0 Å². The lowest BCUT2D eigenvalue weighted by atomic mass is 10.2. The second kappa shape index (κ2) is 5.14. The van der Waals surface area contributed by atoms with Crippen LogP contribution in [0.2, 0.25) is 0 Å². The van der Waals surface area contributed by atoms with Crippen molar-refractivity contribution < 1.29 is 0 Å². The Balaban J connectivity index is 3.13. The topological polar surface area (TPSA) is 41.0 Å². The second-order valence-electron chi connectivity index (χ2n) is 4.58. The van der Waals surface area contributed by atoms with Gasteiger partial charge in [-0.05, 0) is 13.8 Å². The molecular formula is C12H22N4. The van der Waals surface area contributed by atoms with Gasteiger partial charge in [-0.3, -0.25) is 0 Å². The summed E-state index contributed by atoms with van der Waals surface area (Å²) in [4.78, 5) is 11.2. The zero-order valence-electron chi connectivity index (χ0n) is 11.1. The average molecular weight is 222 g/mol. The molecule has 0 aliphatic heterocycles. The maximum atomic E-state index is 4.58. The summed E-state index contributed by atoms with van der Waals surface area (Å²) in [5, 5.41) is 3.08. The van der Waals surface area contributed by atoms with Crippen LogP contribution >= 0.6 is 0 Å². The molecule has 0 fully saturated rings. The molecule has 0 aromatic carbocycles. The number of aromatic nitrogens is 2. The van der Waals surface area contributed by atoms with Gasteiger partial charge in [0.05, 0.1) is 0 Å². The molecule has 0 saturated heterocycles. The second-order valence-corrected chi connectivity index (χ2v) is 4.58. The first-order chi connectivity index (χ1) is 7.45. The van der Waals surface area contributed by atoms with Crippen molar-refractivity contribution in [3.63, 3.8) is 0 Å². The molecule has 0 atom stereocenters. The molecule has 1 aromatic rings. The first-order valence-corrected chi connectivity index (χ1v) is 5.75. The third kappa shape index (κ3) is 2.84. The van der Waals surface area contributed by atoms with Gasteiger partial charge in [0, 0.05) is 32.1 Å². The number of hydrogen-bond acceptors (Lipinski definition) is 4. The van der Waals surface area contributed by atoms with Crippen LogP contribution in [0.15, 0.2) is 6.07 Å². The maximum Gasteiger partial charge on any atom is 0.135 e. The monoisotopic (exact) mass is 222 g/mol. The minimum Gasteiger partial charge on any atom is -0.373 e. The van der Waals surface area contributed by atoms with Crippen molar-refractivity contribution in [2.24, 2.45) is 0 Å². The summed E-state index contributed by atoms with van der Waals surface area (Å²) in [5.41, 5.74) is 0. The van der Waals surface area contributed by atoms with E-state index in [1.54, 1.807) is 0 Å². The molecule has 1 aromatic heterocycles. The van der Waals surface area contributed by atoms with Crippen molar-refractivity contribution in [2.45, 2.75) is 39.7 Å². The Bertz CT molecular complexity index is 347. The maximum absolute atomic E-state index is 4.58. The van der Waals surface area contributed by atoms with Gasteiger partial charge in [0.15, 0.2) is 0 Å². The molecule has 0 amide bonds. The fourth-order valence-electron chi connectivity index (χ4n) is 1.28. The van der Waals surface area contributed by atoms with Gasteiger partial charge in [-0.25, -0.2) is 9.97 Å². The quantitative estimate of drug-likeness (QED) is 0.849. The third-order valence-corrected chi connectivity index (χ3v) is 2.64.